The van der Waals surface area contributed by atoms with Gasteiger partial charge in [-0.3, -0.25) is 5.41 Å². The van der Waals surface area contributed by atoms with Crippen molar-refractivity contribution in [3.63, 3.8) is 0 Å². The molecule has 0 aliphatic rings. The summed E-state index contributed by atoms with van der Waals surface area (Å²) in [5.41, 5.74) is 1.55. The number of nitriles is 1. The van der Waals surface area contributed by atoms with Gasteiger partial charge in [0.05, 0.1) is 16.4 Å². The van der Waals surface area contributed by atoms with Crippen LogP contribution in [0.25, 0.3) is 21.8 Å². The molecule has 0 saturated carbocycles. The van der Waals surface area contributed by atoms with Gasteiger partial charge in [-0.05, 0) is 12.1 Å². The van der Waals surface area contributed by atoms with Crippen LogP contribution in [0.2, 0.25) is 0 Å². The highest BCUT2D eigenvalue weighted by Crippen LogP contribution is 2.17. The van der Waals surface area contributed by atoms with Crippen molar-refractivity contribution in [2.45, 2.75) is 0 Å². The summed E-state index contributed by atoms with van der Waals surface area (Å²) >= 11 is 0. The summed E-state index contributed by atoms with van der Waals surface area (Å²) < 4.78 is 1.57. The molecular formula is C14H9N3. The number of rotatable bonds is 0. The smallest absolute Gasteiger partial charge is 0.189 e. The lowest BCUT2D eigenvalue weighted by atomic mass is 10.1. The van der Waals surface area contributed by atoms with Gasteiger partial charge >= 0.3 is 0 Å². The van der Waals surface area contributed by atoms with Gasteiger partial charge in [0.2, 0.25) is 0 Å². The molecule has 17 heavy (non-hydrogen) atoms. The Labute approximate surface area is 97.7 Å². The summed E-state index contributed by atoms with van der Waals surface area (Å²) in [5, 5.41) is 19.5. The van der Waals surface area contributed by atoms with Gasteiger partial charge in [-0.15, -0.1) is 0 Å². The zero-order valence-corrected chi connectivity index (χ0v) is 9.01. The third-order valence-corrected chi connectivity index (χ3v) is 2.93. The highest BCUT2D eigenvalue weighted by atomic mass is 15.0. The SMILES string of the molecule is N#Cn1c2ccccc2c(=N)c2ccccc21. The standard InChI is InChI=1S/C14H9N3/c15-9-17-12-7-3-1-5-10(12)14(16)11-6-2-4-8-13(11)17/h1-8,16H. The van der Waals surface area contributed by atoms with Crippen LogP contribution in [0.5, 0.6) is 0 Å². The first-order valence-corrected chi connectivity index (χ1v) is 5.30. The number of pyridine rings is 1. The van der Waals surface area contributed by atoms with Gasteiger partial charge in [0.15, 0.2) is 6.19 Å². The number of nitrogens with one attached hydrogen (secondary N) is 1. The van der Waals surface area contributed by atoms with E-state index in [1.807, 2.05) is 48.5 Å². The summed E-state index contributed by atoms with van der Waals surface area (Å²) in [7, 11) is 0. The summed E-state index contributed by atoms with van der Waals surface area (Å²) in [6.07, 6.45) is 2.17. The molecule has 1 N–H and O–H groups in total. The molecule has 0 fully saturated rings. The molecule has 0 aliphatic heterocycles. The number of aromatic nitrogens is 1. The zero-order chi connectivity index (χ0) is 11.8. The van der Waals surface area contributed by atoms with Crippen molar-refractivity contribution >= 4 is 21.8 Å². The fraction of sp³-hybridized carbons (Fsp3) is 0. The minimum atomic E-state index is 0.475. The van der Waals surface area contributed by atoms with Gasteiger partial charge in [-0.1, -0.05) is 36.4 Å². The Kier molecular flexibility index (Phi) is 1.96. The first-order valence-electron chi connectivity index (χ1n) is 5.30. The van der Waals surface area contributed by atoms with Crippen LogP contribution in [0.15, 0.2) is 48.5 Å². The Balaban J connectivity index is 2.75. The lowest BCUT2D eigenvalue weighted by Crippen LogP contribution is -2.08. The number of hydrogen-bond acceptors (Lipinski definition) is 2. The quantitative estimate of drug-likeness (QED) is 0.580. The van der Waals surface area contributed by atoms with Crippen molar-refractivity contribution in [1.82, 2.24) is 4.57 Å². The molecular weight excluding hydrogens is 210 g/mol. The van der Waals surface area contributed by atoms with E-state index in [0.29, 0.717) is 5.36 Å². The molecule has 0 atom stereocenters. The largest absolute Gasteiger partial charge is 0.299 e. The topological polar surface area (TPSA) is 52.6 Å². The van der Waals surface area contributed by atoms with Crippen LogP contribution >= 0.6 is 0 Å². The Hall–Kier alpha value is -2.60. The monoisotopic (exact) mass is 219 g/mol. The fourth-order valence-corrected chi connectivity index (χ4v) is 2.14. The van der Waals surface area contributed by atoms with Gasteiger partial charge in [0.25, 0.3) is 0 Å². The van der Waals surface area contributed by atoms with Crippen LogP contribution in [-0.4, -0.2) is 4.57 Å². The Morgan fingerprint density at radius 3 is 1.82 bits per heavy atom. The number of hydrogen-bond donors (Lipinski definition) is 1. The fourth-order valence-electron chi connectivity index (χ4n) is 2.14. The van der Waals surface area contributed by atoms with Crippen LogP contribution in [0.4, 0.5) is 0 Å². The van der Waals surface area contributed by atoms with E-state index in [1.165, 1.54) is 0 Å². The Morgan fingerprint density at radius 2 is 1.35 bits per heavy atom. The minimum Gasteiger partial charge on any atom is -0.299 e. The molecule has 0 aliphatic carbocycles. The highest BCUT2D eigenvalue weighted by molar-refractivity contribution is 5.93. The van der Waals surface area contributed by atoms with Gasteiger partial charge in [0.1, 0.15) is 0 Å². The number of benzene rings is 2. The van der Waals surface area contributed by atoms with E-state index in [1.54, 1.807) is 4.57 Å². The molecule has 1 heterocycles. The third-order valence-electron chi connectivity index (χ3n) is 2.93. The second-order valence-electron chi connectivity index (χ2n) is 3.84. The molecule has 2 aromatic carbocycles. The van der Waals surface area contributed by atoms with Crippen molar-refractivity contribution in [1.29, 1.82) is 10.7 Å². The molecule has 80 valence electrons. The van der Waals surface area contributed by atoms with Crippen LogP contribution in [0.1, 0.15) is 0 Å². The molecule has 0 amide bonds. The van der Waals surface area contributed by atoms with Gasteiger partial charge < -0.3 is 0 Å². The van der Waals surface area contributed by atoms with Crippen molar-refractivity contribution < 1.29 is 0 Å². The van der Waals surface area contributed by atoms with E-state index < -0.39 is 0 Å². The lowest BCUT2D eigenvalue weighted by Gasteiger charge is -2.08. The van der Waals surface area contributed by atoms with Crippen LogP contribution in [0, 0.1) is 16.9 Å². The summed E-state index contributed by atoms with van der Waals surface area (Å²) in [4.78, 5) is 0. The third kappa shape index (κ3) is 1.25. The zero-order valence-electron chi connectivity index (χ0n) is 9.01. The summed E-state index contributed by atoms with van der Waals surface area (Å²) in [6.45, 7) is 0. The predicted octanol–water partition coefficient (Wildman–Crippen LogP) is 2.60. The first-order chi connectivity index (χ1) is 8.33. The number of para-hydroxylation sites is 2. The number of fused-ring (bicyclic) bond motifs is 2. The molecule has 3 nitrogen and oxygen atoms in total. The molecule has 0 radical (unpaired) electrons. The molecule has 0 unspecified atom stereocenters. The second kappa shape index (κ2) is 3.46. The maximum atomic E-state index is 9.28. The average molecular weight is 219 g/mol. The lowest BCUT2D eigenvalue weighted by molar-refractivity contribution is 1.17. The molecule has 0 saturated heterocycles. The first kappa shape index (κ1) is 9.61. The van der Waals surface area contributed by atoms with Gasteiger partial charge in [-0.25, -0.2) is 4.57 Å². The molecule has 3 aromatic rings. The van der Waals surface area contributed by atoms with E-state index in [4.69, 9.17) is 5.41 Å². The Morgan fingerprint density at radius 1 is 0.882 bits per heavy atom. The van der Waals surface area contributed by atoms with Crippen LogP contribution < -0.4 is 5.36 Å². The Bertz CT molecular complexity index is 762. The summed E-state index contributed by atoms with van der Waals surface area (Å²) in [6, 6.07) is 15.0. The molecule has 3 heteroatoms. The average Bonchev–Trinajstić information content (AvgIpc) is 2.40. The summed E-state index contributed by atoms with van der Waals surface area (Å²) in [5.74, 6) is 0. The molecule has 3 rings (SSSR count). The van der Waals surface area contributed by atoms with E-state index in [2.05, 4.69) is 6.19 Å². The van der Waals surface area contributed by atoms with Crippen molar-refractivity contribution in [3.05, 3.63) is 53.9 Å². The van der Waals surface area contributed by atoms with E-state index >= 15 is 0 Å². The predicted molar refractivity (Wildman–Crippen MR) is 66.3 cm³/mol. The van der Waals surface area contributed by atoms with Crippen molar-refractivity contribution in [2.75, 3.05) is 0 Å². The van der Waals surface area contributed by atoms with Crippen LogP contribution in [-0.2, 0) is 0 Å². The van der Waals surface area contributed by atoms with E-state index in [9.17, 15) is 5.26 Å². The molecule has 0 spiro atoms. The maximum absolute atomic E-state index is 9.28. The van der Waals surface area contributed by atoms with E-state index in [0.717, 1.165) is 21.8 Å². The van der Waals surface area contributed by atoms with Gasteiger partial charge in [-0.2, -0.15) is 5.26 Å². The minimum absolute atomic E-state index is 0.475. The molecule has 1 aromatic heterocycles. The molecule has 0 bridgehead atoms. The van der Waals surface area contributed by atoms with Crippen LogP contribution in [0.3, 0.4) is 0 Å². The highest BCUT2D eigenvalue weighted by Gasteiger charge is 2.06. The van der Waals surface area contributed by atoms with E-state index in [-0.39, 0.29) is 0 Å². The number of nitrogens with zero attached hydrogens (tertiary/aromatic N) is 2. The normalized spacial score (nSPS) is 10.5. The van der Waals surface area contributed by atoms with Gasteiger partial charge in [0, 0.05) is 10.8 Å². The second-order valence-corrected chi connectivity index (χ2v) is 3.84. The van der Waals surface area contributed by atoms with Crippen molar-refractivity contribution in [3.8, 4) is 6.19 Å². The van der Waals surface area contributed by atoms with Crippen molar-refractivity contribution in [2.24, 2.45) is 0 Å². The maximum Gasteiger partial charge on any atom is 0.189 e.